The zero-order valence-corrected chi connectivity index (χ0v) is 23.0. The quantitative estimate of drug-likeness (QED) is 0.257. The fraction of sp³-hybridized carbons (Fsp3) is 0.417. The van der Waals surface area contributed by atoms with Gasteiger partial charge in [0.2, 0.25) is 10.0 Å². The van der Waals surface area contributed by atoms with Crippen molar-refractivity contribution in [3.63, 3.8) is 0 Å². The summed E-state index contributed by atoms with van der Waals surface area (Å²) in [4.78, 5) is 12.8. The number of hydrogen-bond acceptors (Lipinski definition) is 5. The Morgan fingerprint density at radius 3 is 2.29 bits per heavy atom. The van der Waals surface area contributed by atoms with Crippen molar-refractivity contribution in [1.82, 2.24) is 9.62 Å². The summed E-state index contributed by atoms with van der Waals surface area (Å²) in [6.45, 7) is 7.19. The summed E-state index contributed by atoms with van der Waals surface area (Å²) in [6, 6.07) is 11.4. The van der Waals surface area contributed by atoms with Gasteiger partial charge in [0.15, 0.2) is 5.11 Å². The smallest absolute Gasteiger partial charge is 0.257 e. The molecule has 1 amide bonds. The number of rotatable bonds is 12. The third kappa shape index (κ3) is 8.04. The average Bonchev–Trinajstić information content (AvgIpc) is 2.80. The van der Waals surface area contributed by atoms with Crippen molar-refractivity contribution in [2.75, 3.05) is 25.0 Å². The average molecular weight is 571 g/mol. The first-order valence-electron chi connectivity index (χ1n) is 11.4. The van der Waals surface area contributed by atoms with Gasteiger partial charge in [-0.15, -0.1) is 0 Å². The molecule has 0 spiro atoms. The van der Waals surface area contributed by atoms with Crippen LogP contribution in [-0.2, 0) is 10.0 Å². The van der Waals surface area contributed by atoms with Gasteiger partial charge in [0.05, 0.1) is 16.0 Å². The van der Waals surface area contributed by atoms with E-state index in [-0.39, 0.29) is 15.9 Å². The molecule has 0 radical (unpaired) electrons. The highest BCUT2D eigenvalue weighted by Gasteiger charge is 2.21. The Bertz CT molecular complexity index is 1070. The molecule has 0 aliphatic heterocycles. The van der Waals surface area contributed by atoms with Crippen LogP contribution in [0.15, 0.2) is 51.8 Å². The van der Waals surface area contributed by atoms with Gasteiger partial charge in [-0.2, -0.15) is 4.31 Å². The summed E-state index contributed by atoms with van der Waals surface area (Å²) >= 11 is 8.70. The topological polar surface area (TPSA) is 87.7 Å². The molecular formula is C24H32BrN3O4S2. The van der Waals surface area contributed by atoms with Gasteiger partial charge in [-0.05, 0) is 77.0 Å². The number of amides is 1. The number of benzene rings is 2. The maximum Gasteiger partial charge on any atom is 0.257 e. The van der Waals surface area contributed by atoms with Crippen LogP contribution in [0.3, 0.4) is 0 Å². The molecule has 0 fully saturated rings. The molecule has 0 heterocycles. The molecule has 0 saturated heterocycles. The Hall–Kier alpha value is -2.01. The predicted molar refractivity (Wildman–Crippen MR) is 144 cm³/mol. The molecule has 0 atom stereocenters. The summed E-state index contributed by atoms with van der Waals surface area (Å²) < 4.78 is 33.0. The van der Waals surface area contributed by atoms with E-state index in [0.717, 1.165) is 12.8 Å². The number of sulfonamides is 1. The van der Waals surface area contributed by atoms with Gasteiger partial charge in [-0.1, -0.05) is 40.0 Å². The highest BCUT2D eigenvalue weighted by atomic mass is 79.9. The van der Waals surface area contributed by atoms with Gasteiger partial charge in [-0.3, -0.25) is 10.1 Å². The van der Waals surface area contributed by atoms with E-state index in [1.165, 1.54) is 29.3 Å². The number of ether oxygens (including phenoxy) is 1. The molecule has 2 rings (SSSR count). The van der Waals surface area contributed by atoms with E-state index in [9.17, 15) is 13.2 Å². The van der Waals surface area contributed by atoms with Crippen LogP contribution in [-0.4, -0.2) is 43.4 Å². The Morgan fingerprint density at radius 1 is 1.03 bits per heavy atom. The van der Waals surface area contributed by atoms with Crippen LogP contribution < -0.4 is 15.4 Å². The van der Waals surface area contributed by atoms with Crippen molar-refractivity contribution in [3.8, 4) is 5.75 Å². The van der Waals surface area contributed by atoms with Gasteiger partial charge in [0, 0.05) is 24.3 Å². The highest BCUT2D eigenvalue weighted by Crippen LogP contribution is 2.26. The van der Waals surface area contributed by atoms with Crippen LogP contribution in [0, 0.1) is 0 Å². The van der Waals surface area contributed by atoms with Crippen molar-refractivity contribution in [2.24, 2.45) is 0 Å². The number of nitrogens with zero attached hydrogens (tertiary/aromatic N) is 1. The minimum absolute atomic E-state index is 0.108. The predicted octanol–water partition coefficient (Wildman–Crippen LogP) is 5.57. The number of nitrogens with one attached hydrogen (secondary N) is 2. The van der Waals surface area contributed by atoms with Crippen molar-refractivity contribution >= 4 is 54.9 Å². The number of carbonyl (C=O) groups excluding carboxylic acids is 1. The lowest BCUT2D eigenvalue weighted by molar-refractivity contribution is 0.0977. The summed E-state index contributed by atoms with van der Waals surface area (Å²) in [6.07, 6.45) is 4.49. The van der Waals surface area contributed by atoms with Gasteiger partial charge in [0.25, 0.3) is 5.91 Å². The minimum atomic E-state index is -3.53. The van der Waals surface area contributed by atoms with Crippen LogP contribution in [0.25, 0.3) is 0 Å². The monoisotopic (exact) mass is 569 g/mol. The molecular weight excluding hydrogens is 538 g/mol. The third-order valence-electron chi connectivity index (χ3n) is 5.13. The van der Waals surface area contributed by atoms with Crippen LogP contribution in [0.4, 0.5) is 5.69 Å². The summed E-state index contributed by atoms with van der Waals surface area (Å²) in [5.74, 6) is 0.321. The lowest BCUT2D eigenvalue weighted by atomic mass is 10.2. The molecule has 0 aliphatic rings. The van der Waals surface area contributed by atoms with E-state index in [1.807, 2.05) is 0 Å². The molecule has 2 aromatic carbocycles. The fourth-order valence-electron chi connectivity index (χ4n) is 3.23. The van der Waals surface area contributed by atoms with Gasteiger partial charge >= 0.3 is 0 Å². The molecule has 0 saturated carbocycles. The fourth-order valence-corrected chi connectivity index (χ4v) is 5.39. The van der Waals surface area contributed by atoms with Crippen LogP contribution >= 0.6 is 28.1 Å². The zero-order valence-electron chi connectivity index (χ0n) is 19.8. The lowest BCUT2D eigenvalue weighted by Gasteiger charge is -2.18. The number of unbranched alkanes of at least 4 members (excludes halogenated alkanes) is 3. The molecule has 0 aromatic heterocycles. The standard InChI is InChI=1S/C24H32BrN3O4S2/c1-4-7-8-9-16-32-22-15-10-18(17-21(22)25)23(29)27-24(33)26-19-11-13-20(14-12-19)34(30,31)28(5-2)6-3/h10-15,17H,4-9,16H2,1-3H3,(H2,26,27,29,33). The van der Waals surface area contributed by atoms with Crippen LogP contribution in [0.2, 0.25) is 0 Å². The Balaban J connectivity index is 1.93. The van der Waals surface area contributed by atoms with Crippen molar-refractivity contribution in [2.45, 2.75) is 51.3 Å². The zero-order chi connectivity index (χ0) is 25.1. The maximum absolute atomic E-state index is 12.6. The largest absolute Gasteiger partial charge is 0.492 e. The van der Waals surface area contributed by atoms with E-state index in [1.54, 1.807) is 44.2 Å². The van der Waals surface area contributed by atoms with Crippen molar-refractivity contribution in [1.29, 1.82) is 0 Å². The molecule has 0 bridgehead atoms. The van der Waals surface area contributed by atoms with Crippen LogP contribution in [0.5, 0.6) is 5.75 Å². The maximum atomic E-state index is 12.6. The summed E-state index contributed by atoms with van der Waals surface area (Å²) in [5.41, 5.74) is 0.992. The van der Waals surface area contributed by atoms with Gasteiger partial charge in [-0.25, -0.2) is 8.42 Å². The molecule has 10 heteroatoms. The lowest BCUT2D eigenvalue weighted by Crippen LogP contribution is -2.34. The van der Waals surface area contributed by atoms with E-state index in [0.29, 0.717) is 41.2 Å². The normalized spacial score (nSPS) is 11.3. The van der Waals surface area contributed by atoms with E-state index in [4.69, 9.17) is 17.0 Å². The summed E-state index contributed by atoms with van der Waals surface area (Å²) in [5, 5.41) is 5.64. The molecule has 0 aliphatic carbocycles. The second kappa shape index (κ2) is 13.8. The molecule has 34 heavy (non-hydrogen) atoms. The number of halogens is 1. The first-order valence-corrected chi connectivity index (χ1v) is 14.0. The highest BCUT2D eigenvalue weighted by molar-refractivity contribution is 9.10. The second-order valence-electron chi connectivity index (χ2n) is 7.58. The minimum Gasteiger partial charge on any atom is -0.492 e. The molecule has 2 aromatic rings. The Morgan fingerprint density at radius 2 is 1.71 bits per heavy atom. The van der Waals surface area contributed by atoms with Crippen molar-refractivity contribution < 1.29 is 17.9 Å². The number of thiocarbonyl (C=S) groups is 1. The van der Waals surface area contributed by atoms with E-state index < -0.39 is 10.0 Å². The molecule has 7 nitrogen and oxygen atoms in total. The number of carbonyl (C=O) groups is 1. The third-order valence-corrected chi connectivity index (χ3v) is 8.02. The molecule has 2 N–H and O–H groups in total. The molecule has 186 valence electrons. The first kappa shape index (κ1) is 28.2. The molecule has 0 unspecified atom stereocenters. The van der Waals surface area contributed by atoms with E-state index in [2.05, 4.69) is 33.5 Å². The van der Waals surface area contributed by atoms with Gasteiger partial charge < -0.3 is 10.1 Å². The SMILES string of the molecule is CCCCCCOc1ccc(C(=O)NC(=S)Nc2ccc(S(=O)(=O)N(CC)CC)cc2)cc1Br. The Kier molecular flexibility index (Phi) is 11.4. The first-order chi connectivity index (χ1) is 16.2. The summed E-state index contributed by atoms with van der Waals surface area (Å²) in [7, 11) is -3.53. The van der Waals surface area contributed by atoms with Gasteiger partial charge in [0.1, 0.15) is 5.75 Å². The number of hydrogen-bond donors (Lipinski definition) is 2. The van der Waals surface area contributed by atoms with E-state index >= 15 is 0 Å². The van der Waals surface area contributed by atoms with Crippen LogP contribution in [0.1, 0.15) is 56.8 Å². The Labute approximate surface area is 216 Å². The van der Waals surface area contributed by atoms with Crippen molar-refractivity contribution in [3.05, 3.63) is 52.5 Å². The second-order valence-corrected chi connectivity index (χ2v) is 10.8. The number of anilines is 1.